The molecule has 0 aliphatic rings. The minimum absolute atomic E-state index is 0.0168. The Morgan fingerprint density at radius 3 is 2.43 bits per heavy atom. The highest BCUT2D eigenvalue weighted by Crippen LogP contribution is 2.10. The van der Waals surface area contributed by atoms with Gasteiger partial charge in [0.1, 0.15) is 0 Å². The van der Waals surface area contributed by atoms with Crippen LogP contribution in [-0.2, 0) is 0 Å². The SMILES string of the molecule is Cc1ccccc1C(=O)NNC(=S)NC(=O)c1cccc(Cl)c1. The monoisotopic (exact) mass is 347 g/mol. The Morgan fingerprint density at radius 1 is 1.00 bits per heavy atom. The molecule has 0 unspecified atom stereocenters. The van der Waals surface area contributed by atoms with E-state index < -0.39 is 5.91 Å². The normalized spacial score (nSPS) is 9.83. The molecule has 5 nitrogen and oxygen atoms in total. The first-order chi connectivity index (χ1) is 11.0. The molecule has 0 radical (unpaired) electrons. The van der Waals surface area contributed by atoms with Gasteiger partial charge in [-0.1, -0.05) is 35.9 Å². The van der Waals surface area contributed by atoms with Crippen LogP contribution in [0.3, 0.4) is 0 Å². The molecule has 2 rings (SSSR count). The maximum Gasteiger partial charge on any atom is 0.269 e. The third kappa shape index (κ3) is 4.77. The number of hydrazine groups is 1. The summed E-state index contributed by atoms with van der Waals surface area (Å²) in [4.78, 5) is 24.0. The molecule has 2 aromatic carbocycles. The molecular formula is C16H14ClN3O2S. The smallest absolute Gasteiger partial charge is 0.269 e. The lowest BCUT2D eigenvalue weighted by molar-refractivity contribution is 0.0934. The summed E-state index contributed by atoms with van der Waals surface area (Å²) in [6.07, 6.45) is 0. The Balaban J connectivity index is 1.89. The molecule has 0 spiro atoms. The van der Waals surface area contributed by atoms with Gasteiger partial charge in [0.2, 0.25) is 0 Å². The first kappa shape index (κ1) is 16.9. The lowest BCUT2D eigenvalue weighted by Crippen LogP contribution is -2.48. The average Bonchev–Trinajstić information content (AvgIpc) is 2.53. The molecular weight excluding hydrogens is 334 g/mol. The quantitative estimate of drug-likeness (QED) is 0.577. The van der Waals surface area contributed by atoms with Crippen molar-refractivity contribution < 1.29 is 9.59 Å². The molecule has 0 bridgehead atoms. The molecule has 23 heavy (non-hydrogen) atoms. The molecule has 2 aromatic rings. The first-order valence-electron chi connectivity index (χ1n) is 6.70. The van der Waals surface area contributed by atoms with Gasteiger partial charge >= 0.3 is 0 Å². The lowest BCUT2D eigenvalue weighted by Gasteiger charge is -2.11. The maximum absolute atomic E-state index is 12.0. The molecule has 3 N–H and O–H groups in total. The Kier molecular flexibility index (Phi) is 5.67. The van der Waals surface area contributed by atoms with Crippen molar-refractivity contribution in [1.82, 2.24) is 16.2 Å². The summed E-state index contributed by atoms with van der Waals surface area (Å²) in [6, 6.07) is 13.6. The Morgan fingerprint density at radius 2 is 1.74 bits per heavy atom. The average molecular weight is 348 g/mol. The van der Waals surface area contributed by atoms with Crippen molar-refractivity contribution in [2.75, 3.05) is 0 Å². The van der Waals surface area contributed by atoms with Gasteiger partial charge in [0.25, 0.3) is 11.8 Å². The standard InChI is InChI=1S/C16H14ClN3O2S/c1-10-5-2-3-8-13(10)15(22)19-20-16(23)18-14(21)11-6-4-7-12(17)9-11/h2-9H,1H3,(H,19,22)(H2,18,20,21,23). The van der Waals surface area contributed by atoms with Gasteiger partial charge < -0.3 is 0 Å². The fraction of sp³-hybridized carbons (Fsp3) is 0.0625. The number of thiocarbonyl (C=S) groups is 1. The Hall–Kier alpha value is -2.44. The number of hydrogen-bond donors (Lipinski definition) is 3. The zero-order chi connectivity index (χ0) is 16.8. The van der Waals surface area contributed by atoms with Crippen molar-refractivity contribution in [3.05, 3.63) is 70.2 Å². The van der Waals surface area contributed by atoms with Crippen molar-refractivity contribution in [2.24, 2.45) is 0 Å². The Labute approximate surface area is 144 Å². The summed E-state index contributed by atoms with van der Waals surface area (Å²) in [6.45, 7) is 1.83. The first-order valence-corrected chi connectivity index (χ1v) is 7.49. The third-order valence-corrected chi connectivity index (χ3v) is 3.43. The molecule has 0 aliphatic carbocycles. The number of halogens is 1. The zero-order valence-corrected chi connectivity index (χ0v) is 13.8. The van der Waals surface area contributed by atoms with Gasteiger partial charge in [-0.25, -0.2) is 0 Å². The fourth-order valence-corrected chi connectivity index (χ4v) is 2.18. The summed E-state index contributed by atoms with van der Waals surface area (Å²) in [5.41, 5.74) is 6.65. The van der Waals surface area contributed by atoms with Crippen LogP contribution in [0.1, 0.15) is 26.3 Å². The van der Waals surface area contributed by atoms with Crippen LogP contribution in [-0.4, -0.2) is 16.9 Å². The molecule has 0 heterocycles. The van der Waals surface area contributed by atoms with E-state index in [1.165, 1.54) is 6.07 Å². The van der Waals surface area contributed by atoms with Crippen molar-refractivity contribution in [2.45, 2.75) is 6.92 Å². The minimum Gasteiger partial charge on any atom is -0.298 e. The van der Waals surface area contributed by atoms with E-state index in [0.29, 0.717) is 16.1 Å². The van der Waals surface area contributed by atoms with E-state index >= 15 is 0 Å². The number of aryl methyl sites for hydroxylation is 1. The second-order valence-electron chi connectivity index (χ2n) is 4.69. The van der Waals surface area contributed by atoms with Crippen LogP contribution in [0.2, 0.25) is 5.02 Å². The summed E-state index contributed by atoms with van der Waals surface area (Å²) in [7, 11) is 0. The Bertz CT molecular complexity index is 764. The van der Waals surface area contributed by atoms with E-state index in [-0.39, 0.29) is 11.0 Å². The van der Waals surface area contributed by atoms with Crippen molar-refractivity contribution >= 4 is 40.7 Å². The topological polar surface area (TPSA) is 70.2 Å². The molecule has 7 heteroatoms. The van der Waals surface area contributed by atoms with Gasteiger partial charge in [-0.2, -0.15) is 0 Å². The van der Waals surface area contributed by atoms with Crippen molar-refractivity contribution in [3.8, 4) is 0 Å². The molecule has 0 fully saturated rings. The van der Waals surface area contributed by atoms with Crippen LogP contribution in [0.15, 0.2) is 48.5 Å². The summed E-state index contributed by atoms with van der Waals surface area (Å²) in [5.74, 6) is -0.766. The van der Waals surface area contributed by atoms with E-state index in [9.17, 15) is 9.59 Å². The highest BCUT2D eigenvalue weighted by molar-refractivity contribution is 7.80. The molecule has 0 aromatic heterocycles. The summed E-state index contributed by atoms with van der Waals surface area (Å²) < 4.78 is 0. The largest absolute Gasteiger partial charge is 0.298 e. The molecule has 2 amide bonds. The van der Waals surface area contributed by atoms with Crippen LogP contribution in [0.25, 0.3) is 0 Å². The highest BCUT2D eigenvalue weighted by atomic mass is 35.5. The van der Waals surface area contributed by atoms with Crippen LogP contribution >= 0.6 is 23.8 Å². The second-order valence-corrected chi connectivity index (χ2v) is 5.53. The zero-order valence-electron chi connectivity index (χ0n) is 12.2. The van der Waals surface area contributed by atoms with E-state index in [0.717, 1.165) is 5.56 Å². The number of carbonyl (C=O) groups excluding carboxylic acids is 2. The second kappa shape index (κ2) is 7.71. The predicted molar refractivity (Wildman–Crippen MR) is 93.3 cm³/mol. The van der Waals surface area contributed by atoms with Crippen molar-refractivity contribution in [3.63, 3.8) is 0 Å². The van der Waals surface area contributed by atoms with Crippen LogP contribution in [0.4, 0.5) is 0 Å². The van der Waals surface area contributed by atoms with Gasteiger partial charge in [-0.05, 0) is 49.0 Å². The minimum atomic E-state index is -0.421. The van der Waals surface area contributed by atoms with Gasteiger partial charge in [0.15, 0.2) is 5.11 Å². The van der Waals surface area contributed by atoms with Crippen LogP contribution in [0, 0.1) is 6.92 Å². The van der Waals surface area contributed by atoms with Gasteiger partial charge in [0, 0.05) is 16.1 Å². The summed E-state index contributed by atoms with van der Waals surface area (Å²) >= 11 is 10.8. The van der Waals surface area contributed by atoms with Crippen molar-refractivity contribution in [1.29, 1.82) is 0 Å². The molecule has 118 valence electrons. The molecule has 0 saturated heterocycles. The molecule has 0 atom stereocenters. The number of amides is 2. The van der Waals surface area contributed by atoms with Crippen LogP contribution < -0.4 is 16.2 Å². The number of hydrogen-bond acceptors (Lipinski definition) is 3. The lowest BCUT2D eigenvalue weighted by atomic mass is 10.1. The number of benzene rings is 2. The van der Waals surface area contributed by atoms with E-state index in [1.807, 2.05) is 19.1 Å². The molecule has 0 aliphatic heterocycles. The van der Waals surface area contributed by atoms with Gasteiger partial charge in [0.05, 0.1) is 0 Å². The van der Waals surface area contributed by atoms with Gasteiger partial charge in [-0.15, -0.1) is 0 Å². The molecule has 0 saturated carbocycles. The van der Waals surface area contributed by atoms with Gasteiger partial charge in [-0.3, -0.25) is 25.8 Å². The number of rotatable bonds is 2. The summed E-state index contributed by atoms with van der Waals surface area (Å²) in [5, 5.41) is 2.88. The predicted octanol–water partition coefficient (Wildman–Crippen LogP) is 2.60. The maximum atomic E-state index is 12.0. The van der Waals surface area contributed by atoms with Crippen LogP contribution in [0.5, 0.6) is 0 Å². The van der Waals surface area contributed by atoms with E-state index in [2.05, 4.69) is 16.2 Å². The third-order valence-electron chi connectivity index (χ3n) is 2.99. The van der Waals surface area contributed by atoms with E-state index in [1.54, 1.807) is 30.3 Å². The fourth-order valence-electron chi connectivity index (χ4n) is 1.84. The number of carbonyl (C=O) groups is 2. The number of nitrogens with one attached hydrogen (secondary N) is 3. The van der Waals surface area contributed by atoms with E-state index in [4.69, 9.17) is 23.8 Å². The highest BCUT2D eigenvalue weighted by Gasteiger charge is 2.10.